The summed E-state index contributed by atoms with van der Waals surface area (Å²) in [5, 5.41) is 1.32. The van der Waals surface area contributed by atoms with Crippen molar-refractivity contribution in [3.05, 3.63) is 60.3 Å². The topological polar surface area (TPSA) is 18.0 Å². The van der Waals surface area contributed by atoms with E-state index in [1.807, 2.05) is 23.9 Å². The van der Waals surface area contributed by atoms with Gasteiger partial charge >= 0.3 is 5.16 Å². The van der Waals surface area contributed by atoms with Gasteiger partial charge in [-0.2, -0.15) is 4.57 Å². The number of benzene rings is 2. The first-order chi connectivity index (χ1) is 11.8. The number of fused-ring (bicyclic) bond motifs is 1. The predicted octanol–water partition coefficient (Wildman–Crippen LogP) is 4.24. The van der Waals surface area contributed by atoms with E-state index in [4.69, 9.17) is 4.74 Å². The van der Waals surface area contributed by atoms with Crippen LogP contribution in [0, 0.1) is 6.92 Å². The highest BCUT2D eigenvalue weighted by Gasteiger charge is 2.28. The fraction of sp³-hybridized carbons (Fsp3) is 0.250. The minimum absolute atomic E-state index is 0.893. The Kier molecular flexibility index (Phi) is 4.07. The number of nitrogens with zero attached hydrogens (tertiary/aromatic N) is 2. The normalized spacial score (nSPS) is 13.6. The molecule has 2 aromatic carbocycles. The van der Waals surface area contributed by atoms with E-state index in [1.54, 1.807) is 7.11 Å². The van der Waals surface area contributed by atoms with Crippen LogP contribution in [0.25, 0.3) is 16.9 Å². The number of methoxy groups -OCH3 is 1. The molecule has 0 radical (unpaired) electrons. The highest BCUT2D eigenvalue weighted by Crippen LogP contribution is 2.29. The van der Waals surface area contributed by atoms with Gasteiger partial charge < -0.3 is 4.74 Å². The number of aryl methyl sites for hydroxylation is 1. The summed E-state index contributed by atoms with van der Waals surface area (Å²) in [7, 11) is 1.70. The lowest BCUT2D eigenvalue weighted by molar-refractivity contribution is -0.724. The SMILES string of the molecule is COc1ccc(-c2cn(-c3ccc(C)cc3)c3[n+]2CCCS3)cc1. The van der Waals surface area contributed by atoms with Crippen molar-refractivity contribution in [1.82, 2.24) is 4.57 Å². The molecule has 4 rings (SSSR count). The van der Waals surface area contributed by atoms with Crippen LogP contribution in [-0.2, 0) is 6.54 Å². The van der Waals surface area contributed by atoms with Gasteiger partial charge in [0, 0.05) is 11.3 Å². The van der Waals surface area contributed by atoms with Crippen LogP contribution in [0.5, 0.6) is 5.75 Å². The molecule has 0 saturated heterocycles. The number of aromatic nitrogens is 2. The van der Waals surface area contributed by atoms with Crippen molar-refractivity contribution in [2.45, 2.75) is 25.0 Å². The molecule has 0 fully saturated rings. The van der Waals surface area contributed by atoms with Crippen LogP contribution in [0.2, 0.25) is 0 Å². The maximum absolute atomic E-state index is 5.29. The molecule has 1 aliphatic heterocycles. The smallest absolute Gasteiger partial charge is 0.323 e. The first-order valence-corrected chi connectivity index (χ1v) is 9.24. The van der Waals surface area contributed by atoms with Crippen LogP contribution in [-0.4, -0.2) is 17.4 Å². The van der Waals surface area contributed by atoms with Gasteiger partial charge in [-0.1, -0.05) is 17.7 Å². The Morgan fingerprint density at radius 3 is 2.50 bits per heavy atom. The molecule has 3 nitrogen and oxygen atoms in total. The molecular weight excluding hydrogens is 316 g/mol. The Hall–Kier alpha value is -2.20. The summed E-state index contributed by atoms with van der Waals surface area (Å²) in [6.45, 7) is 3.20. The first-order valence-electron chi connectivity index (χ1n) is 8.26. The summed E-state index contributed by atoms with van der Waals surface area (Å²) in [5.74, 6) is 2.07. The lowest BCUT2D eigenvalue weighted by Gasteiger charge is -2.10. The van der Waals surface area contributed by atoms with Gasteiger partial charge in [0.25, 0.3) is 0 Å². The van der Waals surface area contributed by atoms with Gasteiger partial charge in [0.05, 0.1) is 13.7 Å². The van der Waals surface area contributed by atoms with Crippen molar-refractivity contribution in [2.24, 2.45) is 0 Å². The Morgan fingerprint density at radius 1 is 1.04 bits per heavy atom. The Morgan fingerprint density at radius 2 is 1.79 bits per heavy atom. The van der Waals surface area contributed by atoms with E-state index < -0.39 is 0 Å². The van der Waals surface area contributed by atoms with E-state index in [1.165, 1.54) is 39.8 Å². The van der Waals surface area contributed by atoms with Crippen LogP contribution in [0.15, 0.2) is 59.9 Å². The van der Waals surface area contributed by atoms with Crippen molar-refractivity contribution in [3.8, 4) is 22.7 Å². The molecule has 0 atom stereocenters. The highest BCUT2D eigenvalue weighted by molar-refractivity contribution is 7.99. The van der Waals surface area contributed by atoms with Crippen molar-refractivity contribution in [2.75, 3.05) is 12.9 Å². The van der Waals surface area contributed by atoms with Gasteiger partial charge in [-0.3, -0.25) is 0 Å². The maximum atomic E-state index is 5.29. The third-order valence-electron chi connectivity index (χ3n) is 4.43. The number of thioether (sulfide) groups is 1. The molecule has 0 unspecified atom stereocenters. The standard InChI is InChI=1S/C20H21N2OS/c1-15-4-8-17(9-5-15)22-14-19(21-12-3-13-24-20(21)22)16-6-10-18(23-2)11-7-16/h4-11,14H,3,12-13H2,1-2H3/q+1. The summed E-state index contributed by atoms with van der Waals surface area (Å²) in [4.78, 5) is 0. The van der Waals surface area contributed by atoms with Crippen LogP contribution in [0.3, 0.4) is 0 Å². The second-order valence-electron chi connectivity index (χ2n) is 6.08. The van der Waals surface area contributed by atoms with Gasteiger partial charge in [0.15, 0.2) is 5.69 Å². The first kappa shape index (κ1) is 15.3. The van der Waals surface area contributed by atoms with Gasteiger partial charge in [-0.15, -0.1) is 0 Å². The number of rotatable bonds is 3. The fourth-order valence-electron chi connectivity index (χ4n) is 3.11. The maximum Gasteiger partial charge on any atom is 0.323 e. The van der Waals surface area contributed by atoms with Crippen LogP contribution >= 0.6 is 11.8 Å². The van der Waals surface area contributed by atoms with Crippen molar-refractivity contribution in [1.29, 1.82) is 0 Å². The molecule has 1 aliphatic rings. The van der Waals surface area contributed by atoms with E-state index in [0.29, 0.717) is 0 Å². The zero-order valence-corrected chi connectivity index (χ0v) is 14.8. The molecule has 0 bridgehead atoms. The molecule has 3 aromatic rings. The number of imidazole rings is 1. The zero-order chi connectivity index (χ0) is 16.5. The van der Waals surface area contributed by atoms with E-state index >= 15 is 0 Å². The summed E-state index contributed by atoms with van der Waals surface area (Å²) in [6, 6.07) is 17.1. The summed E-state index contributed by atoms with van der Waals surface area (Å²) >= 11 is 1.94. The Balaban J connectivity index is 1.84. The van der Waals surface area contributed by atoms with Crippen LogP contribution in [0.4, 0.5) is 0 Å². The van der Waals surface area contributed by atoms with Gasteiger partial charge in [0.2, 0.25) is 0 Å². The second-order valence-corrected chi connectivity index (χ2v) is 7.15. The minimum atomic E-state index is 0.893. The predicted molar refractivity (Wildman–Crippen MR) is 98.0 cm³/mol. The number of hydrogen-bond acceptors (Lipinski definition) is 2. The third kappa shape index (κ3) is 2.71. The van der Waals surface area contributed by atoms with E-state index in [0.717, 1.165) is 12.3 Å². The fourth-order valence-corrected chi connectivity index (χ4v) is 4.21. The van der Waals surface area contributed by atoms with Gasteiger partial charge in [0.1, 0.15) is 17.6 Å². The molecule has 1 aromatic heterocycles. The molecule has 24 heavy (non-hydrogen) atoms. The zero-order valence-electron chi connectivity index (χ0n) is 14.0. The Bertz CT molecular complexity index is 851. The lowest BCUT2D eigenvalue weighted by atomic mass is 10.1. The quantitative estimate of drug-likeness (QED) is 0.665. The van der Waals surface area contributed by atoms with Crippen LogP contribution < -0.4 is 9.30 Å². The average Bonchev–Trinajstić information content (AvgIpc) is 3.02. The highest BCUT2D eigenvalue weighted by atomic mass is 32.2. The molecule has 4 heteroatoms. The monoisotopic (exact) mass is 337 g/mol. The third-order valence-corrected chi connectivity index (χ3v) is 5.60. The largest absolute Gasteiger partial charge is 0.497 e. The molecule has 0 spiro atoms. The van der Waals surface area contributed by atoms with Crippen molar-refractivity contribution >= 4 is 11.8 Å². The molecule has 0 N–H and O–H groups in total. The second kappa shape index (κ2) is 6.36. The van der Waals surface area contributed by atoms with Crippen LogP contribution in [0.1, 0.15) is 12.0 Å². The Labute approximate surface area is 146 Å². The molecule has 0 saturated carbocycles. The lowest BCUT2D eigenvalue weighted by Crippen LogP contribution is -2.40. The van der Waals surface area contributed by atoms with E-state index in [2.05, 4.69) is 58.7 Å². The molecule has 0 amide bonds. The molecule has 2 heterocycles. The summed E-state index contributed by atoms with van der Waals surface area (Å²) < 4.78 is 10.0. The average molecular weight is 337 g/mol. The molecule has 0 aliphatic carbocycles. The minimum Gasteiger partial charge on any atom is -0.497 e. The summed E-state index contributed by atoms with van der Waals surface area (Å²) in [5.41, 5.74) is 5.00. The van der Waals surface area contributed by atoms with E-state index in [9.17, 15) is 0 Å². The van der Waals surface area contributed by atoms with Crippen molar-refractivity contribution < 1.29 is 9.30 Å². The number of hydrogen-bond donors (Lipinski definition) is 0. The molecular formula is C20H21N2OS+. The summed E-state index contributed by atoms with van der Waals surface area (Å²) in [6.07, 6.45) is 3.48. The van der Waals surface area contributed by atoms with Crippen molar-refractivity contribution in [3.63, 3.8) is 0 Å². The van der Waals surface area contributed by atoms with Gasteiger partial charge in [-0.25, -0.2) is 4.57 Å². The van der Waals surface area contributed by atoms with E-state index in [-0.39, 0.29) is 0 Å². The van der Waals surface area contributed by atoms with Gasteiger partial charge in [-0.05, 0) is 61.5 Å². The molecule has 122 valence electrons. The number of ether oxygens (including phenoxy) is 1.